The summed E-state index contributed by atoms with van der Waals surface area (Å²) in [6.45, 7) is 0.538. The quantitative estimate of drug-likeness (QED) is 0.728. The van der Waals surface area contributed by atoms with E-state index in [2.05, 4.69) is 5.32 Å². The molecule has 26 heavy (non-hydrogen) atoms. The summed E-state index contributed by atoms with van der Waals surface area (Å²) in [6.07, 6.45) is 0.231. The Morgan fingerprint density at radius 3 is 2.54 bits per heavy atom. The average molecular weight is 362 g/mol. The number of fused-ring (bicyclic) bond motifs is 1. The van der Waals surface area contributed by atoms with Crippen LogP contribution in [0.15, 0.2) is 72.1 Å². The third-order valence-electron chi connectivity index (χ3n) is 4.53. The van der Waals surface area contributed by atoms with E-state index < -0.39 is 0 Å². The van der Waals surface area contributed by atoms with Crippen molar-refractivity contribution in [1.82, 2.24) is 4.90 Å². The molecule has 0 radical (unpaired) electrons. The van der Waals surface area contributed by atoms with Gasteiger partial charge in [0.25, 0.3) is 5.91 Å². The van der Waals surface area contributed by atoms with Crippen molar-refractivity contribution in [3.05, 3.63) is 88.1 Å². The molecule has 2 heterocycles. The van der Waals surface area contributed by atoms with Crippen LogP contribution in [0.25, 0.3) is 0 Å². The van der Waals surface area contributed by atoms with E-state index in [9.17, 15) is 9.59 Å². The minimum Gasteiger partial charge on any atom is -0.326 e. The average Bonchev–Trinajstić information content (AvgIpc) is 3.30. The summed E-state index contributed by atoms with van der Waals surface area (Å²) in [5, 5.41) is 4.90. The van der Waals surface area contributed by atoms with Gasteiger partial charge in [-0.3, -0.25) is 9.59 Å². The molecule has 1 aliphatic heterocycles. The number of benzene rings is 2. The molecule has 0 fully saturated rings. The molecule has 0 saturated carbocycles. The topological polar surface area (TPSA) is 49.4 Å². The summed E-state index contributed by atoms with van der Waals surface area (Å²) in [6, 6.07) is 20.7. The van der Waals surface area contributed by atoms with Gasteiger partial charge in [-0.2, -0.15) is 0 Å². The third kappa shape index (κ3) is 3.26. The number of nitrogens with zero attached hydrogens (tertiary/aromatic N) is 1. The molecule has 4 rings (SSSR count). The van der Waals surface area contributed by atoms with Gasteiger partial charge in [-0.15, -0.1) is 11.3 Å². The minimum absolute atomic E-state index is 0.00786. The number of carbonyl (C=O) groups is 2. The van der Waals surface area contributed by atoms with Gasteiger partial charge >= 0.3 is 0 Å². The standard InChI is InChI=1S/C21H18N2O2S/c24-20(22-16-8-2-1-3-9-16)13-18(19-11-6-12-26-19)23-14-15-7-4-5-10-17(15)21(23)25/h1-12,18H,13-14H2,(H,22,24)/t18-/m1/s1. The predicted octanol–water partition coefficient (Wildman–Crippen LogP) is 4.47. The lowest BCUT2D eigenvalue weighted by atomic mass is 10.1. The summed E-state index contributed by atoms with van der Waals surface area (Å²) >= 11 is 1.57. The fourth-order valence-electron chi connectivity index (χ4n) is 3.28. The predicted molar refractivity (Wildman–Crippen MR) is 103 cm³/mol. The number of thiophene rings is 1. The van der Waals surface area contributed by atoms with Crippen LogP contribution in [0.4, 0.5) is 5.69 Å². The molecule has 2 aromatic carbocycles. The van der Waals surface area contributed by atoms with Gasteiger partial charge in [0.2, 0.25) is 5.91 Å². The van der Waals surface area contributed by atoms with Crippen molar-refractivity contribution in [2.75, 3.05) is 5.32 Å². The molecule has 0 unspecified atom stereocenters. The molecular formula is C21H18N2O2S. The second kappa shape index (κ2) is 7.14. The Labute approximate surface area is 156 Å². The molecule has 0 saturated heterocycles. The molecule has 1 N–H and O–H groups in total. The molecule has 1 atom stereocenters. The van der Waals surface area contributed by atoms with Crippen molar-refractivity contribution in [2.45, 2.75) is 19.0 Å². The van der Waals surface area contributed by atoms with Gasteiger partial charge in [-0.1, -0.05) is 42.5 Å². The Balaban J connectivity index is 1.57. The first-order valence-electron chi connectivity index (χ1n) is 8.49. The SMILES string of the molecule is O=C(C[C@H](c1cccs1)N1Cc2ccccc2C1=O)Nc1ccccc1. The number of nitrogens with one attached hydrogen (secondary N) is 1. The van der Waals surface area contributed by atoms with Gasteiger partial charge in [0, 0.05) is 22.7 Å². The van der Waals surface area contributed by atoms with Crippen molar-refractivity contribution in [2.24, 2.45) is 0 Å². The van der Waals surface area contributed by atoms with Crippen LogP contribution < -0.4 is 5.32 Å². The van der Waals surface area contributed by atoms with E-state index >= 15 is 0 Å². The molecule has 0 bridgehead atoms. The van der Waals surface area contributed by atoms with Crippen molar-refractivity contribution < 1.29 is 9.59 Å². The lowest BCUT2D eigenvalue weighted by Gasteiger charge is -2.26. The highest BCUT2D eigenvalue weighted by Gasteiger charge is 2.34. The second-order valence-electron chi connectivity index (χ2n) is 6.24. The first-order valence-corrected chi connectivity index (χ1v) is 9.37. The number of hydrogen-bond donors (Lipinski definition) is 1. The maximum Gasteiger partial charge on any atom is 0.255 e. The highest BCUT2D eigenvalue weighted by Crippen LogP contribution is 2.35. The van der Waals surface area contributed by atoms with Crippen molar-refractivity contribution in [1.29, 1.82) is 0 Å². The Morgan fingerprint density at radius 2 is 1.81 bits per heavy atom. The number of para-hydroxylation sites is 1. The lowest BCUT2D eigenvalue weighted by molar-refractivity contribution is -0.117. The molecule has 5 heteroatoms. The molecule has 1 aliphatic rings. The van der Waals surface area contributed by atoms with Gasteiger partial charge in [0.05, 0.1) is 12.5 Å². The van der Waals surface area contributed by atoms with Crippen LogP contribution in [0.3, 0.4) is 0 Å². The molecule has 1 aromatic heterocycles. The molecular weight excluding hydrogens is 344 g/mol. The normalized spacial score (nSPS) is 14.2. The van der Waals surface area contributed by atoms with Crippen LogP contribution in [0.5, 0.6) is 0 Å². The van der Waals surface area contributed by atoms with E-state index in [0.717, 1.165) is 21.7 Å². The van der Waals surface area contributed by atoms with Gasteiger partial charge in [-0.25, -0.2) is 0 Å². The number of hydrogen-bond acceptors (Lipinski definition) is 3. The van der Waals surface area contributed by atoms with Crippen molar-refractivity contribution in [3.63, 3.8) is 0 Å². The Bertz CT molecular complexity index is 922. The van der Waals surface area contributed by atoms with E-state index in [4.69, 9.17) is 0 Å². The second-order valence-corrected chi connectivity index (χ2v) is 7.22. The number of rotatable bonds is 5. The van der Waals surface area contributed by atoms with E-state index in [0.29, 0.717) is 6.54 Å². The number of carbonyl (C=O) groups excluding carboxylic acids is 2. The molecule has 2 amide bonds. The lowest BCUT2D eigenvalue weighted by Crippen LogP contribution is -2.31. The van der Waals surface area contributed by atoms with Crippen LogP contribution in [-0.2, 0) is 11.3 Å². The number of amides is 2. The zero-order chi connectivity index (χ0) is 17.9. The zero-order valence-electron chi connectivity index (χ0n) is 14.1. The Kier molecular flexibility index (Phi) is 4.54. The first kappa shape index (κ1) is 16.5. The maximum absolute atomic E-state index is 12.9. The van der Waals surface area contributed by atoms with Crippen molar-refractivity contribution >= 4 is 28.8 Å². The molecule has 4 nitrogen and oxygen atoms in total. The van der Waals surface area contributed by atoms with E-state index in [-0.39, 0.29) is 24.3 Å². The zero-order valence-corrected chi connectivity index (χ0v) is 14.9. The summed E-state index contributed by atoms with van der Waals surface area (Å²) in [7, 11) is 0. The molecule has 3 aromatic rings. The van der Waals surface area contributed by atoms with Crippen LogP contribution in [0.2, 0.25) is 0 Å². The van der Waals surface area contributed by atoms with Crippen LogP contribution >= 0.6 is 11.3 Å². The summed E-state index contributed by atoms with van der Waals surface area (Å²) in [5.74, 6) is -0.107. The van der Waals surface area contributed by atoms with Gasteiger partial charge < -0.3 is 10.2 Å². The Hall–Kier alpha value is -2.92. The number of anilines is 1. The molecule has 130 valence electrons. The van der Waals surface area contributed by atoms with E-state index in [1.807, 2.05) is 72.1 Å². The maximum atomic E-state index is 12.9. The van der Waals surface area contributed by atoms with Crippen LogP contribution in [-0.4, -0.2) is 16.7 Å². The fourth-order valence-corrected chi connectivity index (χ4v) is 4.12. The summed E-state index contributed by atoms with van der Waals surface area (Å²) < 4.78 is 0. The smallest absolute Gasteiger partial charge is 0.255 e. The molecule has 0 aliphatic carbocycles. The largest absolute Gasteiger partial charge is 0.326 e. The fraction of sp³-hybridized carbons (Fsp3) is 0.143. The van der Waals surface area contributed by atoms with E-state index in [1.54, 1.807) is 16.2 Å². The summed E-state index contributed by atoms with van der Waals surface area (Å²) in [5.41, 5.74) is 2.51. The highest BCUT2D eigenvalue weighted by molar-refractivity contribution is 7.10. The third-order valence-corrected chi connectivity index (χ3v) is 5.51. The van der Waals surface area contributed by atoms with Gasteiger partial charge in [0.1, 0.15) is 0 Å². The highest BCUT2D eigenvalue weighted by atomic mass is 32.1. The van der Waals surface area contributed by atoms with Crippen molar-refractivity contribution in [3.8, 4) is 0 Å². The van der Waals surface area contributed by atoms with E-state index in [1.165, 1.54) is 0 Å². The molecule has 0 spiro atoms. The van der Waals surface area contributed by atoms with Gasteiger partial charge in [0.15, 0.2) is 0 Å². The first-order chi connectivity index (χ1) is 12.7. The van der Waals surface area contributed by atoms with Crippen LogP contribution in [0, 0.1) is 0 Å². The monoisotopic (exact) mass is 362 g/mol. The summed E-state index contributed by atoms with van der Waals surface area (Å²) in [4.78, 5) is 28.3. The van der Waals surface area contributed by atoms with Gasteiger partial charge in [-0.05, 0) is 35.2 Å². The van der Waals surface area contributed by atoms with Crippen LogP contribution in [0.1, 0.15) is 33.3 Å². The minimum atomic E-state index is -0.265. The Morgan fingerprint density at radius 1 is 1.04 bits per heavy atom.